The molecule has 1 aliphatic heterocycles. The molecule has 0 radical (unpaired) electrons. The Balaban J connectivity index is 2.02. The van der Waals surface area contributed by atoms with Crippen LogP contribution in [0.5, 0.6) is 0 Å². The molecule has 1 fully saturated rings. The number of hydrogen-bond acceptors (Lipinski definition) is 6. The minimum Gasteiger partial charge on any atom is -0.409 e. The summed E-state index contributed by atoms with van der Waals surface area (Å²) >= 11 is 0. The molecule has 0 unspecified atom stereocenters. The average molecular weight is 302 g/mol. The van der Waals surface area contributed by atoms with E-state index in [1.54, 1.807) is 7.05 Å². The normalized spacial score (nSPS) is 19.4. The summed E-state index contributed by atoms with van der Waals surface area (Å²) in [5.74, 6) is 0.118. The smallest absolute Gasteiger partial charge is 0.260 e. The van der Waals surface area contributed by atoms with Crippen LogP contribution in [0.1, 0.15) is 0 Å². The molecule has 9 nitrogen and oxygen atoms in total. The van der Waals surface area contributed by atoms with Crippen LogP contribution >= 0.6 is 0 Å². The molecule has 0 amide bonds. The minimum atomic E-state index is -3.51. The van der Waals surface area contributed by atoms with Crippen molar-refractivity contribution < 1.29 is 13.6 Å². The van der Waals surface area contributed by atoms with E-state index in [0.29, 0.717) is 32.7 Å². The Hall–Kier alpha value is -1.65. The second-order valence-corrected chi connectivity index (χ2v) is 6.45. The maximum atomic E-state index is 12.4. The van der Waals surface area contributed by atoms with Crippen LogP contribution in [-0.4, -0.2) is 71.2 Å². The zero-order valence-electron chi connectivity index (χ0n) is 11.2. The molecule has 0 bridgehead atoms. The Kier molecular flexibility index (Phi) is 4.26. The highest BCUT2D eigenvalue weighted by Gasteiger charge is 2.30. The topological polar surface area (TPSA) is 117 Å². The fraction of sp³-hybridized carbons (Fsp3) is 0.600. The van der Waals surface area contributed by atoms with E-state index in [1.807, 2.05) is 4.90 Å². The van der Waals surface area contributed by atoms with E-state index in [9.17, 15) is 8.42 Å². The molecule has 2 rings (SSSR count). The molecule has 20 heavy (non-hydrogen) atoms. The van der Waals surface area contributed by atoms with Crippen molar-refractivity contribution in [1.82, 2.24) is 19.0 Å². The number of nitrogens with two attached hydrogens (primary N) is 1. The summed E-state index contributed by atoms with van der Waals surface area (Å²) in [4.78, 5) is 1.93. The van der Waals surface area contributed by atoms with Crippen molar-refractivity contribution in [2.45, 2.75) is 5.03 Å². The number of sulfonamides is 1. The molecule has 1 aliphatic rings. The first-order chi connectivity index (χ1) is 9.45. The lowest BCUT2D eigenvalue weighted by Gasteiger charge is -2.33. The molecule has 10 heteroatoms. The van der Waals surface area contributed by atoms with Crippen molar-refractivity contribution in [2.75, 3.05) is 32.7 Å². The quantitative estimate of drug-likeness (QED) is 0.302. The number of hydrogen-bond donors (Lipinski definition) is 2. The van der Waals surface area contributed by atoms with Crippen molar-refractivity contribution in [3.63, 3.8) is 0 Å². The van der Waals surface area contributed by atoms with Crippen LogP contribution in [0.4, 0.5) is 0 Å². The molecule has 1 aromatic heterocycles. The number of piperazine rings is 1. The van der Waals surface area contributed by atoms with Gasteiger partial charge in [-0.05, 0) is 6.07 Å². The minimum absolute atomic E-state index is 0.118. The first-order valence-electron chi connectivity index (χ1n) is 6.12. The number of aromatic nitrogens is 2. The first kappa shape index (κ1) is 14.8. The summed E-state index contributed by atoms with van der Waals surface area (Å²) in [6.45, 7) is 2.13. The lowest BCUT2D eigenvalue weighted by molar-refractivity contribution is 0.206. The van der Waals surface area contributed by atoms with Crippen LogP contribution in [0.3, 0.4) is 0 Å². The molecule has 112 valence electrons. The Bertz CT molecular complexity index is 588. The van der Waals surface area contributed by atoms with Gasteiger partial charge in [-0.15, -0.1) is 0 Å². The molecule has 1 saturated heterocycles. The van der Waals surface area contributed by atoms with E-state index in [0.717, 1.165) is 0 Å². The molecule has 0 spiro atoms. The standard InChI is InChI=1S/C10H18N6O3S/c1-14-10(2-3-12-14)20(18,19)16-6-4-15(5-7-16)8-9(11)13-17/h2-3,17H,4-8H2,1H3,(H2,11,13). The average Bonchev–Trinajstić information content (AvgIpc) is 2.86. The van der Waals surface area contributed by atoms with E-state index < -0.39 is 10.0 Å². The van der Waals surface area contributed by atoms with Crippen molar-refractivity contribution >= 4 is 15.9 Å². The Morgan fingerprint density at radius 3 is 2.60 bits per heavy atom. The molecule has 0 atom stereocenters. The first-order valence-corrected chi connectivity index (χ1v) is 7.56. The van der Waals surface area contributed by atoms with E-state index in [1.165, 1.54) is 21.3 Å². The molecular formula is C10H18N6O3S. The van der Waals surface area contributed by atoms with Gasteiger partial charge in [0.15, 0.2) is 10.9 Å². The van der Waals surface area contributed by atoms with Crippen LogP contribution in [-0.2, 0) is 17.1 Å². The summed E-state index contributed by atoms with van der Waals surface area (Å²) < 4.78 is 27.6. The number of amidine groups is 1. The molecule has 0 aromatic carbocycles. The van der Waals surface area contributed by atoms with Crippen molar-refractivity contribution in [3.8, 4) is 0 Å². The maximum Gasteiger partial charge on any atom is 0.260 e. The van der Waals surface area contributed by atoms with E-state index in [-0.39, 0.29) is 10.9 Å². The van der Waals surface area contributed by atoms with Gasteiger partial charge in [0.1, 0.15) is 0 Å². The molecule has 3 N–H and O–H groups in total. The highest BCUT2D eigenvalue weighted by Crippen LogP contribution is 2.16. The lowest BCUT2D eigenvalue weighted by Crippen LogP contribution is -2.50. The van der Waals surface area contributed by atoms with Gasteiger partial charge < -0.3 is 10.9 Å². The number of oxime groups is 1. The molecule has 0 aliphatic carbocycles. The SMILES string of the molecule is Cn1nccc1S(=O)(=O)N1CCN(C/C(N)=N/O)CC1. The van der Waals surface area contributed by atoms with Gasteiger partial charge in [0, 0.05) is 33.2 Å². The molecule has 0 saturated carbocycles. The second kappa shape index (κ2) is 5.77. The fourth-order valence-electron chi connectivity index (χ4n) is 2.14. The van der Waals surface area contributed by atoms with Crippen LogP contribution in [0, 0.1) is 0 Å². The summed E-state index contributed by atoms with van der Waals surface area (Å²) in [6.07, 6.45) is 1.46. The van der Waals surface area contributed by atoms with Gasteiger partial charge in [0.25, 0.3) is 10.0 Å². The predicted molar refractivity (Wildman–Crippen MR) is 71.8 cm³/mol. The molecular weight excluding hydrogens is 284 g/mol. The van der Waals surface area contributed by atoms with Gasteiger partial charge in [0.05, 0.1) is 12.7 Å². The number of aryl methyl sites for hydroxylation is 1. The molecule has 2 heterocycles. The fourth-order valence-corrected chi connectivity index (χ4v) is 3.66. The van der Waals surface area contributed by atoms with E-state index in [4.69, 9.17) is 10.9 Å². The van der Waals surface area contributed by atoms with Gasteiger partial charge in [-0.1, -0.05) is 5.16 Å². The van der Waals surface area contributed by atoms with Crippen LogP contribution in [0.25, 0.3) is 0 Å². The third kappa shape index (κ3) is 2.92. The Morgan fingerprint density at radius 1 is 1.45 bits per heavy atom. The molecule has 1 aromatic rings. The maximum absolute atomic E-state index is 12.4. The highest BCUT2D eigenvalue weighted by atomic mass is 32.2. The number of rotatable bonds is 4. The van der Waals surface area contributed by atoms with Crippen molar-refractivity contribution in [2.24, 2.45) is 17.9 Å². The largest absolute Gasteiger partial charge is 0.409 e. The van der Waals surface area contributed by atoms with Gasteiger partial charge in [-0.3, -0.25) is 9.58 Å². The monoisotopic (exact) mass is 302 g/mol. The van der Waals surface area contributed by atoms with Crippen LogP contribution in [0.2, 0.25) is 0 Å². The Labute approximate surface area is 117 Å². The van der Waals surface area contributed by atoms with Crippen LogP contribution in [0.15, 0.2) is 22.4 Å². The highest BCUT2D eigenvalue weighted by molar-refractivity contribution is 7.89. The number of nitrogens with zero attached hydrogens (tertiary/aromatic N) is 5. The van der Waals surface area contributed by atoms with Gasteiger partial charge in [-0.2, -0.15) is 9.40 Å². The van der Waals surface area contributed by atoms with Crippen LogP contribution < -0.4 is 5.73 Å². The summed E-state index contributed by atoms with van der Waals surface area (Å²) in [5.41, 5.74) is 5.44. The van der Waals surface area contributed by atoms with Gasteiger partial charge in [0.2, 0.25) is 0 Å². The van der Waals surface area contributed by atoms with Gasteiger partial charge in [-0.25, -0.2) is 8.42 Å². The predicted octanol–water partition coefficient (Wildman–Crippen LogP) is -1.53. The second-order valence-electron chi connectivity index (χ2n) is 4.56. The zero-order chi connectivity index (χ0) is 14.8. The van der Waals surface area contributed by atoms with Crippen molar-refractivity contribution in [3.05, 3.63) is 12.3 Å². The van der Waals surface area contributed by atoms with E-state index >= 15 is 0 Å². The lowest BCUT2D eigenvalue weighted by atomic mass is 10.3. The Morgan fingerprint density at radius 2 is 2.10 bits per heavy atom. The third-order valence-corrected chi connectivity index (χ3v) is 5.20. The summed E-state index contributed by atoms with van der Waals surface area (Å²) in [5, 5.41) is 15.5. The summed E-state index contributed by atoms with van der Waals surface area (Å²) in [6, 6.07) is 1.48. The zero-order valence-corrected chi connectivity index (χ0v) is 12.0. The van der Waals surface area contributed by atoms with E-state index in [2.05, 4.69) is 10.3 Å². The van der Waals surface area contributed by atoms with Gasteiger partial charge >= 0.3 is 0 Å². The third-order valence-electron chi connectivity index (χ3n) is 3.23. The van der Waals surface area contributed by atoms with Crippen molar-refractivity contribution in [1.29, 1.82) is 0 Å². The summed E-state index contributed by atoms with van der Waals surface area (Å²) in [7, 11) is -1.91.